The van der Waals surface area contributed by atoms with E-state index in [-0.39, 0.29) is 18.1 Å². The summed E-state index contributed by atoms with van der Waals surface area (Å²) in [6.07, 6.45) is 5.35. The summed E-state index contributed by atoms with van der Waals surface area (Å²) in [5.41, 5.74) is -0.149. The van der Waals surface area contributed by atoms with Crippen molar-refractivity contribution in [3.63, 3.8) is 0 Å². The first kappa shape index (κ1) is 14.7. The van der Waals surface area contributed by atoms with Crippen LogP contribution < -0.4 is 15.6 Å². The molecule has 0 saturated carbocycles. The zero-order valence-corrected chi connectivity index (χ0v) is 11.4. The van der Waals surface area contributed by atoms with Crippen LogP contribution in [0.3, 0.4) is 0 Å². The molecule has 2 rings (SSSR count). The van der Waals surface area contributed by atoms with Crippen LogP contribution in [0.5, 0.6) is 5.75 Å². The zero-order valence-electron chi connectivity index (χ0n) is 11.4. The lowest BCUT2D eigenvalue weighted by Crippen LogP contribution is -2.31. The molecule has 7 heteroatoms. The van der Waals surface area contributed by atoms with E-state index in [1.807, 2.05) is 0 Å². The van der Waals surface area contributed by atoms with Gasteiger partial charge in [0, 0.05) is 31.5 Å². The van der Waals surface area contributed by atoms with Crippen molar-refractivity contribution in [1.82, 2.24) is 20.1 Å². The maximum Gasteiger partial charge on any atom is 0.266 e. The number of rotatable bonds is 7. The quantitative estimate of drug-likeness (QED) is 0.737. The first-order chi connectivity index (χ1) is 10.3. The highest BCUT2D eigenvalue weighted by Gasteiger charge is 2.02. The Hall–Kier alpha value is -2.70. The molecular formula is C14H16N4O3. The Kier molecular flexibility index (Phi) is 5.45. The Morgan fingerprint density at radius 2 is 2.14 bits per heavy atom. The summed E-state index contributed by atoms with van der Waals surface area (Å²) in [4.78, 5) is 26.8. The Morgan fingerprint density at radius 1 is 1.29 bits per heavy atom. The summed E-state index contributed by atoms with van der Waals surface area (Å²) < 4.78 is 6.62. The third kappa shape index (κ3) is 5.06. The summed E-state index contributed by atoms with van der Waals surface area (Å²) in [5, 5.41) is 6.65. The van der Waals surface area contributed by atoms with Crippen molar-refractivity contribution in [2.45, 2.75) is 13.0 Å². The number of nitrogens with zero attached hydrogens (tertiary/aromatic N) is 3. The van der Waals surface area contributed by atoms with E-state index in [0.29, 0.717) is 25.3 Å². The molecule has 0 radical (unpaired) electrons. The van der Waals surface area contributed by atoms with Gasteiger partial charge in [-0.1, -0.05) is 0 Å². The van der Waals surface area contributed by atoms with E-state index in [2.05, 4.69) is 15.4 Å². The van der Waals surface area contributed by atoms with E-state index in [1.165, 1.54) is 10.7 Å². The molecule has 0 saturated heterocycles. The number of hydrogen-bond acceptors (Lipinski definition) is 5. The van der Waals surface area contributed by atoms with Crippen molar-refractivity contribution in [3.8, 4) is 5.75 Å². The van der Waals surface area contributed by atoms with Gasteiger partial charge in [-0.25, -0.2) is 4.68 Å². The number of carbonyl (C=O) groups excluding carboxylic acids is 1. The molecule has 0 fully saturated rings. The van der Waals surface area contributed by atoms with Gasteiger partial charge in [0.2, 0.25) is 0 Å². The van der Waals surface area contributed by atoms with Crippen LogP contribution in [0.25, 0.3) is 0 Å². The Bertz CT molecular complexity index is 627. The van der Waals surface area contributed by atoms with Gasteiger partial charge in [-0.2, -0.15) is 5.10 Å². The maximum absolute atomic E-state index is 11.6. The van der Waals surface area contributed by atoms with Crippen molar-refractivity contribution in [2.24, 2.45) is 0 Å². The number of hydrogen-bond donors (Lipinski definition) is 1. The molecule has 2 heterocycles. The van der Waals surface area contributed by atoms with Gasteiger partial charge in [0.15, 0.2) is 6.61 Å². The molecule has 1 amide bonds. The molecule has 2 aromatic heterocycles. The number of aryl methyl sites for hydroxylation is 1. The second-order valence-corrected chi connectivity index (χ2v) is 4.27. The number of carbonyl (C=O) groups is 1. The van der Waals surface area contributed by atoms with Crippen LogP contribution in [0.4, 0.5) is 0 Å². The summed E-state index contributed by atoms with van der Waals surface area (Å²) >= 11 is 0. The number of ether oxygens (including phenoxy) is 1. The molecule has 0 aliphatic carbocycles. The lowest BCUT2D eigenvalue weighted by atomic mass is 10.4. The van der Waals surface area contributed by atoms with Gasteiger partial charge < -0.3 is 10.1 Å². The van der Waals surface area contributed by atoms with Crippen LogP contribution in [-0.2, 0) is 11.3 Å². The minimum atomic E-state index is -0.216. The molecule has 0 aliphatic rings. The van der Waals surface area contributed by atoms with Crippen LogP contribution in [0.2, 0.25) is 0 Å². The molecule has 0 spiro atoms. The summed E-state index contributed by atoms with van der Waals surface area (Å²) in [6.45, 7) is 0.858. The van der Waals surface area contributed by atoms with Crippen molar-refractivity contribution in [1.29, 1.82) is 0 Å². The highest BCUT2D eigenvalue weighted by Crippen LogP contribution is 2.05. The van der Waals surface area contributed by atoms with Crippen LogP contribution in [-0.4, -0.2) is 33.8 Å². The molecule has 1 N–H and O–H groups in total. The van der Waals surface area contributed by atoms with Gasteiger partial charge in [-0.15, -0.1) is 0 Å². The van der Waals surface area contributed by atoms with Gasteiger partial charge in [-0.05, 0) is 24.6 Å². The Labute approximate surface area is 121 Å². The lowest BCUT2D eigenvalue weighted by molar-refractivity contribution is -0.123. The third-order valence-corrected chi connectivity index (χ3v) is 2.66. The van der Waals surface area contributed by atoms with Crippen molar-refractivity contribution < 1.29 is 9.53 Å². The highest BCUT2D eigenvalue weighted by molar-refractivity contribution is 5.77. The van der Waals surface area contributed by atoms with Crippen molar-refractivity contribution in [2.75, 3.05) is 13.2 Å². The van der Waals surface area contributed by atoms with Crippen molar-refractivity contribution >= 4 is 5.91 Å². The average Bonchev–Trinajstić information content (AvgIpc) is 2.52. The van der Waals surface area contributed by atoms with E-state index >= 15 is 0 Å². The number of nitrogens with one attached hydrogen (secondary N) is 1. The minimum absolute atomic E-state index is 0.0603. The summed E-state index contributed by atoms with van der Waals surface area (Å²) in [7, 11) is 0. The first-order valence-electron chi connectivity index (χ1n) is 6.57. The number of aromatic nitrogens is 3. The number of amides is 1. The average molecular weight is 288 g/mol. The smallest absolute Gasteiger partial charge is 0.266 e. The van der Waals surface area contributed by atoms with E-state index in [1.54, 1.807) is 36.8 Å². The summed E-state index contributed by atoms with van der Waals surface area (Å²) in [5.74, 6) is 0.333. The normalized spacial score (nSPS) is 10.1. The fourth-order valence-electron chi connectivity index (χ4n) is 1.64. The number of pyridine rings is 1. The molecule has 2 aromatic rings. The fraction of sp³-hybridized carbons (Fsp3) is 0.286. The standard InChI is InChI=1S/C14H16N4O3/c19-13(11-21-12-4-1-6-15-10-12)16-7-3-9-18-14(20)5-2-8-17-18/h1-2,4-6,8,10H,3,7,9,11H2,(H,16,19). The van der Waals surface area contributed by atoms with Gasteiger partial charge in [0.25, 0.3) is 11.5 Å². The Balaban J connectivity index is 1.63. The molecule has 21 heavy (non-hydrogen) atoms. The second-order valence-electron chi connectivity index (χ2n) is 4.27. The van der Waals surface area contributed by atoms with Crippen LogP contribution in [0.1, 0.15) is 6.42 Å². The predicted molar refractivity (Wildman–Crippen MR) is 75.9 cm³/mol. The van der Waals surface area contributed by atoms with Crippen molar-refractivity contribution in [3.05, 3.63) is 53.2 Å². The monoisotopic (exact) mass is 288 g/mol. The second kappa shape index (κ2) is 7.78. The van der Waals surface area contributed by atoms with Gasteiger partial charge in [-0.3, -0.25) is 14.6 Å². The molecule has 0 atom stereocenters. The minimum Gasteiger partial charge on any atom is -0.482 e. The van der Waals surface area contributed by atoms with Gasteiger partial charge in [0.1, 0.15) is 5.75 Å². The fourth-order valence-corrected chi connectivity index (χ4v) is 1.64. The van der Waals surface area contributed by atoms with E-state index in [9.17, 15) is 9.59 Å². The molecule has 0 aliphatic heterocycles. The molecule has 0 bridgehead atoms. The SMILES string of the molecule is O=C(COc1cccnc1)NCCCn1ncccc1=O. The summed E-state index contributed by atoms with van der Waals surface area (Å²) in [6, 6.07) is 6.51. The van der Waals surface area contributed by atoms with Crippen LogP contribution in [0.15, 0.2) is 47.7 Å². The predicted octanol–water partition coefficient (Wildman–Crippen LogP) is 0.224. The third-order valence-electron chi connectivity index (χ3n) is 2.66. The molecule has 110 valence electrons. The van der Waals surface area contributed by atoms with E-state index < -0.39 is 0 Å². The van der Waals surface area contributed by atoms with E-state index in [4.69, 9.17) is 4.74 Å². The van der Waals surface area contributed by atoms with Gasteiger partial charge in [0.05, 0.1) is 6.20 Å². The van der Waals surface area contributed by atoms with Crippen LogP contribution >= 0.6 is 0 Å². The highest BCUT2D eigenvalue weighted by atomic mass is 16.5. The largest absolute Gasteiger partial charge is 0.482 e. The lowest BCUT2D eigenvalue weighted by Gasteiger charge is -2.07. The van der Waals surface area contributed by atoms with Crippen LogP contribution in [0, 0.1) is 0 Å². The Morgan fingerprint density at radius 3 is 2.90 bits per heavy atom. The molecular weight excluding hydrogens is 272 g/mol. The molecule has 7 nitrogen and oxygen atoms in total. The maximum atomic E-state index is 11.6. The first-order valence-corrected chi connectivity index (χ1v) is 6.57. The topological polar surface area (TPSA) is 86.1 Å². The molecule has 0 unspecified atom stereocenters. The van der Waals surface area contributed by atoms with E-state index in [0.717, 1.165) is 0 Å². The molecule has 0 aromatic carbocycles. The van der Waals surface area contributed by atoms with Gasteiger partial charge >= 0.3 is 0 Å². The zero-order chi connectivity index (χ0) is 14.9.